The van der Waals surface area contributed by atoms with Crippen LogP contribution in [-0.4, -0.2) is 10.9 Å². The third-order valence-corrected chi connectivity index (χ3v) is 5.18. The van der Waals surface area contributed by atoms with E-state index in [4.69, 9.17) is 4.52 Å². The van der Waals surface area contributed by atoms with Crippen molar-refractivity contribution in [2.75, 3.05) is 0 Å². The van der Waals surface area contributed by atoms with Gasteiger partial charge in [-0.2, -0.15) is 5.26 Å². The molecule has 1 aliphatic rings. The van der Waals surface area contributed by atoms with E-state index >= 15 is 0 Å². The molecule has 0 bridgehead atoms. The summed E-state index contributed by atoms with van der Waals surface area (Å²) in [4.78, 5) is 13.1. The molecule has 0 amide bonds. The Bertz CT molecular complexity index is 953. The highest BCUT2D eigenvalue weighted by molar-refractivity contribution is 5.97. The molecule has 4 rings (SSSR count). The lowest BCUT2D eigenvalue weighted by Crippen LogP contribution is -2.15. The Balaban J connectivity index is 1.67. The summed E-state index contributed by atoms with van der Waals surface area (Å²) in [7, 11) is 0. The minimum absolute atomic E-state index is 0.0109. The molecule has 27 heavy (non-hydrogen) atoms. The Hall–Kier alpha value is -3.19. The van der Waals surface area contributed by atoms with Gasteiger partial charge < -0.3 is 4.52 Å². The number of Topliss-reactive ketones (excluding diaryl/α,β-unsaturated/α-hetero) is 1. The molecule has 0 aliphatic heterocycles. The first-order valence-corrected chi connectivity index (χ1v) is 9.25. The first kappa shape index (κ1) is 17.2. The number of aromatic nitrogens is 1. The predicted molar refractivity (Wildman–Crippen MR) is 101 cm³/mol. The van der Waals surface area contributed by atoms with E-state index in [1.165, 1.54) is 6.20 Å². The molecule has 2 aromatic carbocycles. The zero-order valence-electron chi connectivity index (χ0n) is 14.9. The predicted octanol–water partition coefficient (Wildman–Crippen LogP) is 5.22. The molecule has 0 spiro atoms. The third kappa shape index (κ3) is 3.68. The Morgan fingerprint density at radius 2 is 1.70 bits per heavy atom. The Morgan fingerprint density at radius 1 is 1.07 bits per heavy atom. The SMILES string of the molecule is N#C[C@H](c1ccccc1)[C@H](CC(=O)c1cnoc1C1CC1)c1ccccc1. The standard InChI is InChI=1S/C23H20N2O2/c24-14-20(17-9-5-2-6-10-17)19(16-7-3-1-4-8-16)13-22(26)21-15-25-27-23(21)18-11-12-18/h1-10,15,18-20H,11-13H2/t19-,20-/m1/s1. The minimum atomic E-state index is -0.401. The van der Waals surface area contributed by atoms with Crippen LogP contribution in [0.4, 0.5) is 0 Å². The van der Waals surface area contributed by atoms with Gasteiger partial charge in [-0.05, 0) is 24.0 Å². The van der Waals surface area contributed by atoms with Gasteiger partial charge in [-0.3, -0.25) is 4.79 Å². The summed E-state index contributed by atoms with van der Waals surface area (Å²) < 4.78 is 5.33. The number of nitriles is 1. The number of nitrogens with zero attached hydrogens (tertiary/aromatic N) is 2. The maximum Gasteiger partial charge on any atom is 0.168 e. The minimum Gasteiger partial charge on any atom is -0.360 e. The Morgan fingerprint density at radius 3 is 2.30 bits per heavy atom. The maximum absolute atomic E-state index is 13.1. The molecule has 1 saturated carbocycles. The van der Waals surface area contributed by atoms with Gasteiger partial charge in [-0.1, -0.05) is 65.8 Å². The van der Waals surface area contributed by atoms with Gasteiger partial charge in [0.1, 0.15) is 0 Å². The number of carbonyl (C=O) groups excluding carboxylic acids is 1. The van der Waals surface area contributed by atoms with Gasteiger partial charge in [0.25, 0.3) is 0 Å². The molecule has 0 unspecified atom stereocenters. The zero-order chi connectivity index (χ0) is 18.6. The summed E-state index contributed by atoms with van der Waals surface area (Å²) >= 11 is 0. The highest BCUT2D eigenvalue weighted by atomic mass is 16.5. The molecular weight excluding hydrogens is 336 g/mol. The smallest absolute Gasteiger partial charge is 0.168 e. The van der Waals surface area contributed by atoms with Crippen molar-refractivity contribution in [2.45, 2.75) is 37.0 Å². The van der Waals surface area contributed by atoms with E-state index in [9.17, 15) is 10.1 Å². The van der Waals surface area contributed by atoms with Crippen LogP contribution in [0.25, 0.3) is 0 Å². The van der Waals surface area contributed by atoms with Crippen LogP contribution in [0.1, 0.15) is 64.3 Å². The molecule has 0 saturated heterocycles. The van der Waals surface area contributed by atoms with Crippen LogP contribution in [0, 0.1) is 11.3 Å². The monoisotopic (exact) mass is 356 g/mol. The molecule has 134 valence electrons. The van der Waals surface area contributed by atoms with Gasteiger partial charge in [0, 0.05) is 18.3 Å². The number of hydrogen-bond donors (Lipinski definition) is 0. The van der Waals surface area contributed by atoms with Gasteiger partial charge in [0.2, 0.25) is 0 Å². The van der Waals surface area contributed by atoms with E-state index in [-0.39, 0.29) is 18.1 Å². The molecule has 4 nitrogen and oxygen atoms in total. The molecule has 2 atom stereocenters. The Kier molecular flexibility index (Phi) is 4.84. The molecule has 1 aromatic heterocycles. The quantitative estimate of drug-likeness (QED) is 0.545. The van der Waals surface area contributed by atoms with Gasteiger partial charge >= 0.3 is 0 Å². The van der Waals surface area contributed by atoms with E-state index in [1.54, 1.807) is 0 Å². The fourth-order valence-corrected chi connectivity index (χ4v) is 3.59. The number of hydrogen-bond acceptors (Lipinski definition) is 4. The molecule has 0 radical (unpaired) electrons. The lowest BCUT2D eigenvalue weighted by atomic mass is 9.78. The van der Waals surface area contributed by atoms with Gasteiger partial charge in [0.05, 0.1) is 23.7 Å². The van der Waals surface area contributed by atoms with Crippen LogP contribution in [0.3, 0.4) is 0 Å². The second-order valence-corrected chi connectivity index (χ2v) is 7.04. The van der Waals surface area contributed by atoms with Gasteiger partial charge in [0.15, 0.2) is 11.5 Å². The second-order valence-electron chi connectivity index (χ2n) is 7.04. The van der Waals surface area contributed by atoms with Crippen LogP contribution < -0.4 is 0 Å². The van der Waals surface area contributed by atoms with E-state index in [1.807, 2.05) is 60.7 Å². The fraction of sp³-hybridized carbons (Fsp3) is 0.261. The maximum atomic E-state index is 13.1. The fourth-order valence-electron chi connectivity index (χ4n) is 3.59. The normalized spacial score (nSPS) is 15.7. The van der Waals surface area contributed by atoms with Gasteiger partial charge in [-0.15, -0.1) is 0 Å². The summed E-state index contributed by atoms with van der Waals surface area (Å²) in [5, 5.41) is 13.8. The van der Waals surface area contributed by atoms with Crippen molar-refractivity contribution in [3.05, 3.63) is 89.3 Å². The highest BCUT2D eigenvalue weighted by Gasteiger charge is 2.34. The largest absolute Gasteiger partial charge is 0.360 e. The number of carbonyl (C=O) groups is 1. The van der Waals surface area contributed by atoms with Crippen molar-refractivity contribution in [2.24, 2.45) is 0 Å². The average molecular weight is 356 g/mol. The molecule has 1 heterocycles. The van der Waals surface area contributed by atoms with Crippen LogP contribution >= 0.6 is 0 Å². The van der Waals surface area contributed by atoms with E-state index in [0.29, 0.717) is 17.2 Å². The molecule has 3 aromatic rings. The van der Waals surface area contributed by atoms with E-state index < -0.39 is 5.92 Å². The number of ketones is 1. The molecule has 0 N–H and O–H groups in total. The summed E-state index contributed by atoms with van der Waals surface area (Å²) in [6.07, 6.45) is 3.87. The zero-order valence-corrected chi connectivity index (χ0v) is 14.9. The average Bonchev–Trinajstić information content (AvgIpc) is 3.45. The highest BCUT2D eigenvalue weighted by Crippen LogP contribution is 2.43. The third-order valence-electron chi connectivity index (χ3n) is 5.18. The van der Waals surface area contributed by atoms with Crippen molar-refractivity contribution in [1.82, 2.24) is 5.16 Å². The first-order valence-electron chi connectivity index (χ1n) is 9.25. The summed E-state index contributed by atoms with van der Waals surface area (Å²) in [6.45, 7) is 0. The molecular formula is C23H20N2O2. The van der Waals surface area contributed by atoms with Crippen molar-refractivity contribution in [3.63, 3.8) is 0 Å². The lowest BCUT2D eigenvalue weighted by Gasteiger charge is -2.22. The van der Waals surface area contributed by atoms with Crippen LogP contribution in [0.5, 0.6) is 0 Å². The number of rotatable bonds is 7. The molecule has 1 fully saturated rings. The second kappa shape index (κ2) is 7.59. The van der Waals surface area contributed by atoms with Gasteiger partial charge in [-0.25, -0.2) is 0 Å². The van der Waals surface area contributed by atoms with Crippen molar-refractivity contribution >= 4 is 5.78 Å². The number of benzene rings is 2. The van der Waals surface area contributed by atoms with Crippen molar-refractivity contribution in [1.29, 1.82) is 5.26 Å². The van der Waals surface area contributed by atoms with Crippen LogP contribution in [0.15, 0.2) is 71.4 Å². The van der Waals surface area contributed by atoms with Crippen LogP contribution in [-0.2, 0) is 0 Å². The molecule has 4 heteroatoms. The van der Waals surface area contributed by atoms with Crippen LogP contribution in [0.2, 0.25) is 0 Å². The molecule has 1 aliphatic carbocycles. The lowest BCUT2D eigenvalue weighted by molar-refractivity contribution is 0.0969. The first-order chi connectivity index (χ1) is 13.3. The van der Waals surface area contributed by atoms with E-state index in [0.717, 1.165) is 24.0 Å². The van der Waals surface area contributed by atoms with E-state index in [2.05, 4.69) is 11.2 Å². The summed E-state index contributed by atoms with van der Waals surface area (Å²) in [6, 6.07) is 21.9. The topological polar surface area (TPSA) is 66.9 Å². The Labute approximate surface area is 158 Å². The summed E-state index contributed by atoms with van der Waals surface area (Å²) in [5.74, 6) is 0.389. The van der Waals surface area contributed by atoms with Crippen molar-refractivity contribution < 1.29 is 9.32 Å². The summed E-state index contributed by atoms with van der Waals surface area (Å²) in [5.41, 5.74) is 2.49. The van der Waals surface area contributed by atoms with Crippen molar-refractivity contribution in [3.8, 4) is 6.07 Å².